The highest BCUT2D eigenvalue weighted by molar-refractivity contribution is 5.97. The van der Waals surface area contributed by atoms with Crippen LogP contribution >= 0.6 is 0 Å². The van der Waals surface area contributed by atoms with Crippen molar-refractivity contribution in [2.75, 3.05) is 19.6 Å². The first-order valence-corrected chi connectivity index (χ1v) is 9.66. The quantitative estimate of drug-likeness (QED) is 0.874. The molecule has 28 heavy (non-hydrogen) atoms. The molecule has 2 amide bonds. The van der Waals surface area contributed by atoms with Crippen LogP contribution in [0, 0.1) is 5.92 Å². The lowest BCUT2D eigenvalue weighted by Gasteiger charge is -2.34. The van der Waals surface area contributed by atoms with Gasteiger partial charge in [0.15, 0.2) is 0 Å². The van der Waals surface area contributed by atoms with E-state index in [2.05, 4.69) is 10.4 Å². The van der Waals surface area contributed by atoms with Gasteiger partial charge in [-0.2, -0.15) is 5.10 Å². The van der Waals surface area contributed by atoms with Crippen LogP contribution in [0.2, 0.25) is 0 Å². The van der Waals surface area contributed by atoms with Gasteiger partial charge < -0.3 is 19.5 Å². The van der Waals surface area contributed by atoms with Crippen LogP contribution in [0.25, 0.3) is 5.82 Å². The van der Waals surface area contributed by atoms with Gasteiger partial charge in [-0.1, -0.05) is 0 Å². The second-order valence-corrected chi connectivity index (χ2v) is 8.24. The summed E-state index contributed by atoms with van der Waals surface area (Å²) in [6.45, 7) is 7.39. The first kappa shape index (κ1) is 20.0. The van der Waals surface area contributed by atoms with Gasteiger partial charge in [-0.15, -0.1) is 0 Å². The Morgan fingerprint density at radius 2 is 2.00 bits per heavy atom. The molecule has 3 rings (SSSR count). The average molecular weight is 387 g/mol. The molecule has 0 spiro atoms. The van der Waals surface area contributed by atoms with Crippen LogP contribution in [0.1, 0.15) is 44.0 Å². The molecule has 0 bridgehead atoms. The maximum absolute atomic E-state index is 12.7. The fourth-order valence-electron chi connectivity index (χ4n) is 3.43. The van der Waals surface area contributed by atoms with Gasteiger partial charge in [-0.05, 0) is 51.7 Å². The van der Waals surface area contributed by atoms with E-state index in [1.807, 2.05) is 56.9 Å². The molecule has 1 N–H and O–H groups in total. The number of hydrogen-bond donors (Lipinski definition) is 1. The number of nitrogens with zero attached hydrogens (tertiary/aromatic N) is 4. The Hall–Kier alpha value is -2.77. The van der Waals surface area contributed by atoms with Gasteiger partial charge in [0.1, 0.15) is 17.0 Å². The molecule has 152 valence electrons. The van der Waals surface area contributed by atoms with E-state index in [1.165, 1.54) is 0 Å². The van der Waals surface area contributed by atoms with Crippen molar-refractivity contribution >= 4 is 12.0 Å². The predicted octanol–water partition coefficient (Wildman–Crippen LogP) is 2.59. The summed E-state index contributed by atoms with van der Waals surface area (Å²) in [5, 5.41) is 7.23. The van der Waals surface area contributed by atoms with Crippen LogP contribution < -0.4 is 5.32 Å². The minimum Gasteiger partial charge on any atom is -0.444 e. The predicted molar refractivity (Wildman–Crippen MR) is 105 cm³/mol. The standard InChI is InChI=1S/C20H29N5O3/c1-20(2,3)28-19(27)25-11-7-8-15(14-25)12-21-17(26)16-13-22-23(4)18(16)24-9-5-6-10-24/h5-6,9-10,13,15H,7-8,11-12,14H2,1-4H3,(H,21,26). The Bertz CT molecular complexity index is 820. The zero-order valence-electron chi connectivity index (χ0n) is 17.0. The summed E-state index contributed by atoms with van der Waals surface area (Å²) in [7, 11) is 1.81. The minimum atomic E-state index is -0.507. The molecule has 2 aromatic rings. The lowest BCUT2D eigenvalue weighted by Crippen LogP contribution is -2.45. The van der Waals surface area contributed by atoms with Crippen molar-refractivity contribution < 1.29 is 14.3 Å². The zero-order chi connectivity index (χ0) is 20.3. The van der Waals surface area contributed by atoms with Crippen molar-refractivity contribution in [1.29, 1.82) is 0 Å². The maximum Gasteiger partial charge on any atom is 0.410 e. The zero-order valence-corrected chi connectivity index (χ0v) is 17.0. The number of aryl methyl sites for hydroxylation is 1. The highest BCUT2D eigenvalue weighted by atomic mass is 16.6. The SMILES string of the molecule is Cn1ncc(C(=O)NCC2CCCN(C(=O)OC(C)(C)C)C2)c1-n1cccc1. The normalized spacial score (nSPS) is 17.4. The van der Waals surface area contributed by atoms with Crippen LogP contribution in [-0.2, 0) is 11.8 Å². The number of aromatic nitrogens is 3. The molecule has 2 aromatic heterocycles. The molecule has 0 aromatic carbocycles. The van der Waals surface area contributed by atoms with Crippen molar-refractivity contribution in [2.24, 2.45) is 13.0 Å². The first-order valence-electron chi connectivity index (χ1n) is 9.66. The van der Waals surface area contributed by atoms with Gasteiger partial charge in [-0.25, -0.2) is 4.79 Å². The van der Waals surface area contributed by atoms with E-state index < -0.39 is 5.60 Å². The molecule has 0 radical (unpaired) electrons. The third-order valence-corrected chi connectivity index (χ3v) is 4.72. The van der Waals surface area contributed by atoms with E-state index in [-0.39, 0.29) is 17.9 Å². The van der Waals surface area contributed by atoms with Gasteiger partial charge in [-0.3, -0.25) is 9.48 Å². The number of carbonyl (C=O) groups excluding carboxylic acids is 2. The first-order chi connectivity index (χ1) is 13.2. The highest BCUT2D eigenvalue weighted by Gasteiger charge is 2.28. The average Bonchev–Trinajstić information content (AvgIpc) is 3.27. The van der Waals surface area contributed by atoms with E-state index in [9.17, 15) is 9.59 Å². The Balaban J connectivity index is 1.59. The molecule has 1 fully saturated rings. The highest BCUT2D eigenvalue weighted by Crippen LogP contribution is 2.19. The van der Waals surface area contributed by atoms with Gasteiger partial charge in [0, 0.05) is 39.1 Å². The van der Waals surface area contributed by atoms with Gasteiger partial charge in [0.2, 0.25) is 0 Å². The van der Waals surface area contributed by atoms with E-state index in [0.29, 0.717) is 25.2 Å². The molecule has 8 nitrogen and oxygen atoms in total. The van der Waals surface area contributed by atoms with Gasteiger partial charge in [0.25, 0.3) is 5.91 Å². The molecule has 0 saturated carbocycles. The van der Waals surface area contributed by atoms with Gasteiger partial charge >= 0.3 is 6.09 Å². The number of hydrogen-bond acceptors (Lipinski definition) is 4. The maximum atomic E-state index is 12.7. The molecule has 1 unspecified atom stereocenters. The molecule has 3 heterocycles. The number of likely N-dealkylation sites (tertiary alicyclic amines) is 1. The second-order valence-electron chi connectivity index (χ2n) is 8.24. The molecule has 0 aliphatic carbocycles. The van der Waals surface area contributed by atoms with E-state index in [0.717, 1.165) is 18.7 Å². The Kier molecular flexibility index (Phi) is 5.76. The van der Waals surface area contributed by atoms with Crippen LogP contribution in [-0.4, -0.2) is 56.5 Å². The lowest BCUT2D eigenvalue weighted by molar-refractivity contribution is 0.0167. The Labute approximate surface area is 165 Å². The van der Waals surface area contributed by atoms with Crippen LogP contribution in [0.4, 0.5) is 4.79 Å². The number of nitrogens with one attached hydrogen (secondary N) is 1. The lowest BCUT2D eigenvalue weighted by atomic mass is 9.98. The Morgan fingerprint density at radius 1 is 1.29 bits per heavy atom. The summed E-state index contributed by atoms with van der Waals surface area (Å²) in [6, 6.07) is 3.81. The summed E-state index contributed by atoms with van der Waals surface area (Å²) < 4.78 is 9.01. The third-order valence-electron chi connectivity index (χ3n) is 4.72. The summed E-state index contributed by atoms with van der Waals surface area (Å²) in [5.74, 6) is 0.768. The fraction of sp³-hybridized carbons (Fsp3) is 0.550. The molecule has 1 aliphatic heterocycles. The minimum absolute atomic E-state index is 0.161. The second kappa shape index (κ2) is 8.08. The number of ether oxygens (including phenoxy) is 1. The smallest absolute Gasteiger partial charge is 0.410 e. The van der Waals surface area contributed by atoms with Crippen molar-refractivity contribution in [3.63, 3.8) is 0 Å². The van der Waals surface area contributed by atoms with Crippen LogP contribution in [0.5, 0.6) is 0 Å². The number of piperidine rings is 1. The summed E-state index contributed by atoms with van der Waals surface area (Å²) in [5.41, 5.74) is 0.0199. The topological polar surface area (TPSA) is 81.4 Å². The molecule has 8 heteroatoms. The van der Waals surface area contributed by atoms with Crippen molar-refractivity contribution in [2.45, 2.75) is 39.2 Å². The number of rotatable bonds is 4. The van der Waals surface area contributed by atoms with Crippen LogP contribution in [0.15, 0.2) is 30.7 Å². The number of amides is 2. The summed E-state index contributed by atoms with van der Waals surface area (Å²) in [4.78, 5) is 26.8. The van der Waals surface area contributed by atoms with Crippen molar-refractivity contribution in [1.82, 2.24) is 24.6 Å². The fourth-order valence-corrected chi connectivity index (χ4v) is 3.43. The summed E-state index contributed by atoms with van der Waals surface area (Å²) in [6.07, 6.45) is 6.93. The van der Waals surface area contributed by atoms with E-state index >= 15 is 0 Å². The van der Waals surface area contributed by atoms with E-state index in [4.69, 9.17) is 4.74 Å². The van der Waals surface area contributed by atoms with E-state index in [1.54, 1.807) is 15.8 Å². The van der Waals surface area contributed by atoms with Crippen molar-refractivity contribution in [3.8, 4) is 5.82 Å². The molecular weight excluding hydrogens is 358 g/mol. The van der Waals surface area contributed by atoms with Crippen molar-refractivity contribution in [3.05, 3.63) is 36.3 Å². The molecule has 1 aliphatic rings. The molecular formula is C20H29N5O3. The largest absolute Gasteiger partial charge is 0.444 e. The summed E-state index contributed by atoms with van der Waals surface area (Å²) >= 11 is 0. The van der Waals surface area contributed by atoms with Gasteiger partial charge in [0.05, 0.1) is 6.20 Å². The molecule has 1 saturated heterocycles. The third kappa shape index (κ3) is 4.74. The monoisotopic (exact) mass is 387 g/mol. The van der Waals surface area contributed by atoms with Crippen LogP contribution in [0.3, 0.4) is 0 Å². The molecule has 1 atom stereocenters. The number of carbonyl (C=O) groups is 2. The Morgan fingerprint density at radius 3 is 2.68 bits per heavy atom.